The first kappa shape index (κ1) is 17.3. The number of ether oxygens (including phenoxy) is 1. The van der Waals surface area contributed by atoms with E-state index >= 15 is 0 Å². The first-order valence-electron chi connectivity index (χ1n) is 10.1. The molecular weight excluding hydrogens is 350 g/mol. The van der Waals surface area contributed by atoms with Crippen molar-refractivity contribution in [3.8, 4) is 5.75 Å². The molecule has 2 aliphatic carbocycles. The fourth-order valence-corrected chi connectivity index (χ4v) is 3.87. The van der Waals surface area contributed by atoms with Gasteiger partial charge in [0.05, 0.1) is 24.5 Å². The van der Waals surface area contributed by atoms with Crippen LogP contribution in [0.1, 0.15) is 49.4 Å². The molecule has 2 aromatic heterocycles. The fourth-order valence-electron chi connectivity index (χ4n) is 3.87. The molecule has 0 saturated heterocycles. The van der Waals surface area contributed by atoms with E-state index < -0.39 is 0 Å². The number of aromatic amines is 1. The van der Waals surface area contributed by atoms with Gasteiger partial charge in [-0.2, -0.15) is 0 Å². The summed E-state index contributed by atoms with van der Waals surface area (Å²) < 4.78 is 5.73. The number of amides is 1. The van der Waals surface area contributed by atoms with Gasteiger partial charge in [0.15, 0.2) is 0 Å². The molecular formula is C23H25N3O2. The van der Waals surface area contributed by atoms with Crippen LogP contribution in [0.25, 0.3) is 10.9 Å². The van der Waals surface area contributed by atoms with Gasteiger partial charge in [-0.3, -0.25) is 9.78 Å². The zero-order valence-corrected chi connectivity index (χ0v) is 16.0. The molecule has 28 heavy (non-hydrogen) atoms. The van der Waals surface area contributed by atoms with Crippen molar-refractivity contribution in [2.24, 2.45) is 11.8 Å². The third kappa shape index (κ3) is 3.49. The van der Waals surface area contributed by atoms with Crippen LogP contribution >= 0.6 is 0 Å². The molecule has 3 aromatic rings. The van der Waals surface area contributed by atoms with Crippen LogP contribution in [0.15, 0.2) is 48.8 Å². The molecule has 2 N–H and O–H groups in total. The van der Waals surface area contributed by atoms with Gasteiger partial charge < -0.3 is 15.0 Å². The minimum Gasteiger partial charge on any atom is -0.492 e. The molecule has 2 saturated carbocycles. The second-order valence-electron chi connectivity index (χ2n) is 8.14. The number of rotatable bonds is 7. The van der Waals surface area contributed by atoms with Crippen molar-refractivity contribution >= 4 is 16.8 Å². The maximum Gasteiger partial charge on any atom is 0.224 e. The highest BCUT2D eigenvalue weighted by Gasteiger charge is 2.45. The van der Waals surface area contributed by atoms with E-state index in [-0.39, 0.29) is 17.9 Å². The topological polar surface area (TPSA) is 67.0 Å². The van der Waals surface area contributed by atoms with Gasteiger partial charge in [-0.05, 0) is 67.2 Å². The van der Waals surface area contributed by atoms with Gasteiger partial charge in [0.2, 0.25) is 5.91 Å². The van der Waals surface area contributed by atoms with Crippen molar-refractivity contribution in [3.05, 3.63) is 60.0 Å². The smallest absolute Gasteiger partial charge is 0.224 e. The Kier molecular flexibility index (Phi) is 4.30. The molecule has 1 amide bonds. The van der Waals surface area contributed by atoms with E-state index in [1.165, 1.54) is 23.8 Å². The Hall–Kier alpha value is -2.82. The lowest BCUT2D eigenvalue weighted by Crippen LogP contribution is -2.29. The van der Waals surface area contributed by atoms with E-state index in [0.29, 0.717) is 5.92 Å². The number of H-pyrrole nitrogens is 1. The number of pyridine rings is 1. The second-order valence-corrected chi connectivity index (χ2v) is 8.14. The third-order valence-electron chi connectivity index (χ3n) is 5.89. The van der Waals surface area contributed by atoms with Crippen LogP contribution in [0.3, 0.4) is 0 Å². The van der Waals surface area contributed by atoms with E-state index in [1.807, 2.05) is 25.3 Å². The number of benzene rings is 1. The molecule has 1 unspecified atom stereocenters. The number of carbonyl (C=O) groups excluding carboxylic acids is 1. The lowest BCUT2D eigenvalue weighted by Gasteiger charge is -2.14. The Bertz CT molecular complexity index is 991. The predicted molar refractivity (Wildman–Crippen MR) is 108 cm³/mol. The van der Waals surface area contributed by atoms with Gasteiger partial charge in [0.25, 0.3) is 0 Å². The maximum atomic E-state index is 12.7. The highest BCUT2D eigenvalue weighted by molar-refractivity contribution is 5.87. The zero-order chi connectivity index (χ0) is 19.1. The summed E-state index contributed by atoms with van der Waals surface area (Å²) in [6.07, 6.45) is 7.16. The summed E-state index contributed by atoms with van der Waals surface area (Å²) in [5, 5.41) is 4.33. The largest absolute Gasteiger partial charge is 0.492 e. The summed E-state index contributed by atoms with van der Waals surface area (Å²) >= 11 is 0. The molecule has 144 valence electrons. The SMILES string of the molecule is CC(NC(=O)[C@H]1C[C@@H]1c1cccc2cc[nH]c12)c1ccc(OCC2CC2)cn1. The number of hydrogen-bond acceptors (Lipinski definition) is 3. The molecule has 2 aliphatic rings. The number of aromatic nitrogens is 2. The first-order chi connectivity index (χ1) is 13.7. The highest BCUT2D eigenvalue weighted by atomic mass is 16.5. The Morgan fingerprint density at radius 1 is 1.29 bits per heavy atom. The van der Waals surface area contributed by atoms with Crippen LogP contribution < -0.4 is 10.1 Å². The molecule has 1 aromatic carbocycles. The molecule has 0 spiro atoms. The Morgan fingerprint density at radius 3 is 2.96 bits per heavy atom. The molecule has 5 nitrogen and oxygen atoms in total. The summed E-state index contributed by atoms with van der Waals surface area (Å²) in [5.74, 6) is 1.96. The number of nitrogens with zero attached hydrogens (tertiary/aromatic N) is 1. The lowest BCUT2D eigenvalue weighted by atomic mass is 10.1. The average molecular weight is 375 g/mol. The van der Waals surface area contributed by atoms with Crippen LogP contribution in [0, 0.1) is 11.8 Å². The minimum absolute atomic E-state index is 0.0394. The maximum absolute atomic E-state index is 12.7. The number of nitrogens with one attached hydrogen (secondary N) is 2. The first-order valence-corrected chi connectivity index (χ1v) is 10.1. The van der Waals surface area contributed by atoms with Crippen LogP contribution in [0.5, 0.6) is 5.75 Å². The third-order valence-corrected chi connectivity index (χ3v) is 5.89. The standard InChI is InChI=1S/C23H25N3O2/c1-14(21-8-7-17(12-25-21)28-13-15-5-6-15)26-23(27)20-11-19(20)18-4-2-3-16-9-10-24-22(16)18/h2-4,7-10,12,14-15,19-20,24H,5-6,11,13H2,1H3,(H,26,27)/t14?,19-,20+/m1/s1. The van der Waals surface area contributed by atoms with E-state index in [0.717, 1.165) is 35.9 Å². The van der Waals surface area contributed by atoms with Gasteiger partial charge in [-0.15, -0.1) is 0 Å². The Morgan fingerprint density at radius 2 is 2.18 bits per heavy atom. The molecule has 3 atom stereocenters. The average Bonchev–Trinajstić information content (AvgIpc) is 3.63. The van der Waals surface area contributed by atoms with Gasteiger partial charge in [0, 0.05) is 17.6 Å². The molecule has 2 fully saturated rings. The lowest BCUT2D eigenvalue weighted by molar-refractivity contribution is -0.123. The number of carbonyl (C=O) groups is 1. The van der Waals surface area contributed by atoms with Crippen LogP contribution in [-0.2, 0) is 4.79 Å². The van der Waals surface area contributed by atoms with Crippen LogP contribution in [-0.4, -0.2) is 22.5 Å². The number of fused-ring (bicyclic) bond motifs is 1. The normalized spacial score (nSPS) is 22.0. The van der Waals surface area contributed by atoms with Crippen molar-refractivity contribution in [2.75, 3.05) is 6.61 Å². The summed E-state index contributed by atoms with van der Waals surface area (Å²) in [6.45, 7) is 2.76. The van der Waals surface area contributed by atoms with Gasteiger partial charge in [-0.1, -0.05) is 18.2 Å². The van der Waals surface area contributed by atoms with Crippen molar-refractivity contribution in [1.29, 1.82) is 0 Å². The number of para-hydroxylation sites is 1. The summed E-state index contributed by atoms with van der Waals surface area (Å²) in [6, 6.07) is 12.1. The highest BCUT2D eigenvalue weighted by Crippen LogP contribution is 2.49. The fraction of sp³-hybridized carbons (Fsp3) is 0.391. The van der Waals surface area contributed by atoms with Crippen molar-refractivity contribution in [1.82, 2.24) is 15.3 Å². The van der Waals surface area contributed by atoms with Crippen LogP contribution in [0.4, 0.5) is 0 Å². The minimum atomic E-state index is -0.118. The monoisotopic (exact) mass is 375 g/mol. The van der Waals surface area contributed by atoms with Gasteiger partial charge in [-0.25, -0.2) is 0 Å². The van der Waals surface area contributed by atoms with E-state index in [2.05, 4.69) is 39.6 Å². The van der Waals surface area contributed by atoms with Gasteiger partial charge in [0.1, 0.15) is 5.75 Å². The van der Waals surface area contributed by atoms with Gasteiger partial charge >= 0.3 is 0 Å². The quantitative estimate of drug-likeness (QED) is 0.646. The van der Waals surface area contributed by atoms with Crippen molar-refractivity contribution in [3.63, 3.8) is 0 Å². The zero-order valence-electron chi connectivity index (χ0n) is 16.0. The van der Waals surface area contributed by atoms with Crippen molar-refractivity contribution < 1.29 is 9.53 Å². The molecule has 2 heterocycles. The Balaban J connectivity index is 1.19. The van der Waals surface area contributed by atoms with E-state index in [1.54, 1.807) is 6.20 Å². The molecule has 5 heteroatoms. The summed E-state index contributed by atoms with van der Waals surface area (Å²) in [7, 11) is 0. The van der Waals surface area contributed by atoms with Crippen molar-refractivity contribution in [2.45, 2.75) is 38.1 Å². The molecule has 0 radical (unpaired) electrons. The Labute approximate surface area is 164 Å². The number of hydrogen-bond donors (Lipinski definition) is 2. The van der Waals surface area contributed by atoms with E-state index in [9.17, 15) is 4.79 Å². The molecule has 0 aliphatic heterocycles. The summed E-state index contributed by atoms with van der Waals surface area (Å²) in [5.41, 5.74) is 3.25. The van der Waals surface area contributed by atoms with E-state index in [4.69, 9.17) is 4.74 Å². The second kappa shape index (κ2) is 6.97. The summed E-state index contributed by atoms with van der Waals surface area (Å²) in [4.78, 5) is 20.5. The van der Waals surface area contributed by atoms with Crippen LogP contribution in [0.2, 0.25) is 0 Å². The predicted octanol–water partition coefficient (Wildman–Crippen LogP) is 4.33. The molecule has 5 rings (SSSR count). The molecule has 0 bridgehead atoms.